The number of sulfonamides is 1. The molecule has 0 spiro atoms. The molecule has 0 unspecified atom stereocenters. The Kier molecular flexibility index (Phi) is 5.57. The van der Waals surface area contributed by atoms with Crippen LogP contribution in [-0.4, -0.2) is 65.1 Å². The van der Waals surface area contributed by atoms with Crippen molar-refractivity contribution in [3.63, 3.8) is 0 Å². The molecule has 0 aliphatic carbocycles. The van der Waals surface area contributed by atoms with Crippen molar-refractivity contribution in [1.82, 2.24) is 9.62 Å². The summed E-state index contributed by atoms with van der Waals surface area (Å²) in [6, 6.07) is 0.294. The fourth-order valence-corrected chi connectivity index (χ4v) is 3.57. The van der Waals surface area contributed by atoms with Crippen molar-refractivity contribution in [2.45, 2.75) is 25.3 Å². The van der Waals surface area contributed by atoms with Crippen molar-refractivity contribution in [2.75, 3.05) is 37.9 Å². The molecule has 18 heavy (non-hydrogen) atoms. The van der Waals surface area contributed by atoms with Crippen molar-refractivity contribution < 1.29 is 16.8 Å². The highest BCUT2D eigenvalue weighted by atomic mass is 32.2. The topological polar surface area (TPSA) is 83.6 Å². The number of nitrogens with zero attached hydrogens (tertiary/aromatic N) is 1. The minimum absolute atomic E-state index is 0.197. The Bertz CT molecular complexity index is 450. The Labute approximate surface area is 110 Å². The van der Waals surface area contributed by atoms with E-state index in [9.17, 15) is 16.8 Å². The van der Waals surface area contributed by atoms with E-state index in [2.05, 4.69) is 5.32 Å². The third-order valence-electron chi connectivity index (χ3n) is 3.05. The highest BCUT2D eigenvalue weighted by Gasteiger charge is 2.24. The number of piperidine rings is 1. The second-order valence-corrected chi connectivity index (χ2v) is 9.12. The number of hydrogen-bond acceptors (Lipinski definition) is 5. The Morgan fingerprint density at radius 3 is 2.11 bits per heavy atom. The van der Waals surface area contributed by atoms with Gasteiger partial charge in [-0.15, -0.1) is 0 Å². The summed E-state index contributed by atoms with van der Waals surface area (Å²) in [5.74, 6) is 0.197. The third-order valence-corrected chi connectivity index (χ3v) is 5.38. The first kappa shape index (κ1) is 15.9. The molecule has 0 aromatic rings. The maximum atomic E-state index is 11.3. The summed E-state index contributed by atoms with van der Waals surface area (Å²) in [6.07, 6.45) is 4.63. The molecule has 1 rings (SSSR count). The van der Waals surface area contributed by atoms with Gasteiger partial charge in [-0.25, -0.2) is 21.1 Å². The monoisotopic (exact) mass is 298 g/mol. The predicted molar refractivity (Wildman–Crippen MR) is 71.8 cm³/mol. The van der Waals surface area contributed by atoms with Crippen LogP contribution in [0.4, 0.5) is 0 Å². The maximum Gasteiger partial charge on any atom is 0.211 e. The average Bonchev–Trinajstić information content (AvgIpc) is 2.22. The molecule has 0 atom stereocenters. The van der Waals surface area contributed by atoms with Crippen LogP contribution >= 0.6 is 0 Å². The lowest BCUT2D eigenvalue weighted by Gasteiger charge is -2.30. The lowest BCUT2D eigenvalue weighted by molar-refractivity contribution is 0.291. The molecule has 0 amide bonds. The summed E-state index contributed by atoms with van der Waals surface area (Å²) in [4.78, 5) is 0. The molecule has 0 radical (unpaired) electrons. The first-order chi connectivity index (χ1) is 8.18. The first-order valence-electron chi connectivity index (χ1n) is 6.05. The number of nitrogens with one attached hydrogen (secondary N) is 1. The van der Waals surface area contributed by atoms with E-state index in [0.717, 1.165) is 12.8 Å². The second-order valence-electron chi connectivity index (χ2n) is 4.87. The van der Waals surface area contributed by atoms with E-state index in [1.54, 1.807) is 0 Å². The normalized spacial score (nSPS) is 20.1. The van der Waals surface area contributed by atoms with Gasteiger partial charge in [0.2, 0.25) is 10.0 Å². The van der Waals surface area contributed by atoms with Crippen LogP contribution in [0, 0.1) is 0 Å². The molecule has 1 heterocycles. The summed E-state index contributed by atoms with van der Waals surface area (Å²) >= 11 is 0. The summed E-state index contributed by atoms with van der Waals surface area (Å²) in [5, 5.41) is 3.28. The molecule has 6 nitrogen and oxygen atoms in total. The van der Waals surface area contributed by atoms with E-state index >= 15 is 0 Å². The molecule has 108 valence electrons. The molecule has 1 saturated heterocycles. The molecule has 1 fully saturated rings. The molecule has 0 bridgehead atoms. The van der Waals surface area contributed by atoms with Crippen molar-refractivity contribution in [3.05, 3.63) is 0 Å². The van der Waals surface area contributed by atoms with Crippen LogP contribution in [0.1, 0.15) is 19.3 Å². The quantitative estimate of drug-likeness (QED) is 0.664. The Balaban J connectivity index is 2.21. The van der Waals surface area contributed by atoms with Gasteiger partial charge in [0.05, 0.1) is 12.0 Å². The van der Waals surface area contributed by atoms with Crippen LogP contribution < -0.4 is 5.32 Å². The Morgan fingerprint density at radius 2 is 1.67 bits per heavy atom. The Hall–Kier alpha value is -0.180. The second kappa shape index (κ2) is 6.31. The molecule has 0 aromatic carbocycles. The molecular formula is C10H22N2O4S2. The zero-order valence-corrected chi connectivity index (χ0v) is 12.6. The summed E-state index contributed by atoms with van der Waals surface area (Å²) in [5.41, 5.74) is 0. The summed E-state index contributed by atoms with van der Waals surface area (Å²) in [7, 11) is -5.95. The van der Waals surface area contributed by atoms with Gasteiger partial charge in [0.1, 0.15) is 9.84 Å². The SMILES string of the molecule is CS(=O)(=O)CCCNC1CCN(S(C)(=O)=O)CC1. The minimum atomic E-state index is -3.07. The van der Waals surface area contributed by atoms with Gasteiger partial charge in [-0.3, -0.25) is 0 Å². The van der Waals surface area contributed by atoms with E-state index in [4.69, 9.17) is 0 Å². The lowest BCUT2D eigenvalue weighted by atomic mass is 10.1. The average molecular weight is 298 g/mol. The Morgan fingerprint density at radius 1 is 1.11 bits per heavy atom. The zero-order chi connectivity index (χ0) is 13.8. The van der Waals surface area contributed by atoms with Gasteiger partial charge in [0, 0.05) is 25.4 Å². The van der Waals surface area contributed by atoms with Crippen molar-refractivity contribution in [2.24, 2.45) is 0 Å². The predicted octanol–water partition coefficient (Wildman–Crippen LogP) is -0.565. The van der Waals surface area contributed by atoms with Crippen molar-refractivity contribution in [1.29, 1.82) is 0 Å². The highest BCUT2D eigenvalue weighted by molar-refractivity contribution is 7.90. The maximum absolute atomic E-state index is 11.3. The van der Waals surface area contributed by atoms with Gasteiger partial charge in [0.25, 0.3) is 0 Å². The molecular weight excluding hydrogens is 276 g/mol. The molecule has 1 aliphatic rings. The third kappa shape index (κ3) is 6.12. The van der Waals surface area contributed by atoms with Crippen molar-refractivity contribution >= 4 is 19.9 Å². The molecule has 1 N–H and O–H groups in total. The zero-order valence-electron chi connectivity index (χ0n) is 10.9. The van der Waals surface area contributed by atoms with E-state index in [0.29, 0.717) is 32.1 Å². The summed E-state index contributed by atoms with van der Waals surface area (Å²) < 4.78 is 46.0. The summed E-state index contributed by atoms with van der Waals surface area (Å²) in [6.45, 7) is 1.75. The van der Waals surface area contributed by atoms with Gasteiger partial charge >= 0.3 is 0 Å². The van der Waals surface area contributed by atoms with Crippen LogP contribution in [0.25, 0.3) is 0 Å². The standard InChI is InChI=1S/C10H22N2O4S2/c1-17(13,14)9-3-6-11-10-4-7-12(8-5-10)18(2,15)16/h10-11H,3-9H2,1-2H3. The minimum Gasteiger partial charge on any atom is -0.314 e. The van der Waals surface area contributed by atoms with Gasteiger partial charge in [-0.05, 0) is 25.8 Å². The van der Waals surface area contributed by atoms with Gasteiger partial charge in [-0.2, -0.15) is 0 Å². The van der Waals surface area contributed by atoms with Crippen LogP contribution in [0.15, 0.2) is 0 Å². The fraction of sp³-hybridized carbons (Fsp3) is 1.00. The van der Waals surface area contributed by atoms with Gasteiger partial charge < -0.3 is 5.32 Å². The largest absolute Gasteiger partial charge is 0.314 e. The van der Waals surface area contributed by atoms with Crippen LogP contribution in [0.3, 0.4) is 0 Å². The molecule has 8 heteroatoms. The van der Waals surface area contributed by atoms with E-state index in [1.807, 2.05) is 0 Å². The number of hydrogen-bond donors (Lipinski definition) is 1. The van der Waals surface area contributed by atoms with E-state index in [-0.39, 0.29) is 5.75 Å². The molecule has 0 saturated carbocycles. The van der Waals surface area contributed by atoms with Crippen LogP contribution in [-0.2, 0) is 19.9 Å². The van der Waals surface area contributed by atoms with Crippen LogP contribution in [0.2, 0.25) is 0 Å². The van der Waals surface area contributed by atoms with Crippen LogP contribution in [0.5, 0.6) is 0 Å². The molecule has 0 aromatic heterocycles. The lowest BCUT2D eigenvalue weighted by Crippen LogP contribution is -2.44. The smallest absolute Gasteiger partial charge is 0.211 e. The van der Waals surface area contributed by atoms with E-state index < -0.39 is 19.9 Å². The van der Waals surface area contributed by atoms with Crippen molar-refractivity contribution in [3.8, 4) is 0 Å². The fourth-order valence-electron chi connectivity index (χ4n) is 2.03. The number of rotatable bonds is 6. The molecule has 1 aliphatic heterocycles. The van der Waals surface area contributed by atoms with Gasteiger partial charge in [-0.1, -0.05) is 0 Å². The highest BCUT2D eigenvalue weighted by Crippen LogP contribution is 2.12. The number of sulfone groups is 1. The van der Waals surface area contributed by atoms with Gasteiger partial charge in [0.15, 0.2) is 0 Å². The van der Waals surface area contributed by atoms with E-state index in [1.165, 1.54) is 16.8 Å². The first-order valence-corrected chi connectivity index (χ1v) is 9.95.